The van der Waals surface area contributed by atoms with Gasteiger partial charge in [0.1, 0.15) is 5.82 Å². The zero-order chi connectivity index (χ0) is 24.8. The first-order valence-corrected chi connectivity index (χ1v) is 11.8. The van der Waals surface area contributed by atoms with Crippen molar-refractivity contribution in [3.8, 4) is 0 Å². The number of carboxylic acid groups (broad SMARTS) is 1. The lowest BCUT2D eigenvalue weighted by Crippen LogP contribution is -2.35. The van der Waals surface area contributed by atoms with Crippen molar-refractivity contribution in [1.29, 1.82) is 0 Å². The maximum atomic E-state index is 13.2. The van der Waals surface area contributed by atoms with E-state index in [1.54, 1.807) is 24.3 Å². The molecule has 0 saturated carbocycles. The molecule has 7 heteroatoms. The lowest BCUT2D eigenvalue weighted by atomic mass is 9.89. The molecule has 182 valence electrons. The Morgan fingerprint density at radius 2 is 1.66 bits per heavy atom. The van der Waals surface area contributed by atoms with E-state index < -0.39 is 12.0 Å². The van der Waals surface area contributed by atoms with E-state index in [2.05, 4.69) is 15.5 Å². The molecule has 2 amide bonds. The van der Waals surface area contributed by atoms with E-state index in [1.807, 2.05) is 37.3 Å². The van der Waals surface area contributed by atoms with Crippen LogP contribution in [0.25, 0.3) is 0 Å². The Bertz CT molecular complexity index is 1170. The number of amides is 2. The minimum atomic E-state index is -1.02. The molecule has 0 unspecified atom stereocenters. The fourth-order valence-corrected chi connectivity index (χ4v) is 4.63. The minimum Gasteiger partial charge on any atom is -0.478 e. The predicted octanol–water partition coefficient (Wildman–Crippen LogP) is 5.93. The van der Waals surface area contributed by atoms with Gasteiger partial charge in [0.05, 0.1) is 11.3 Å². The fraction of sp³-hybridized carbons (Fsp3) is 0.286. The molecule has 1 heterocycles. The van der Waals surface area contributed by atoms with Gasteiger partial charge >= 0.3 is 12.0 Å². The van der Waals surface area contributed by atoms with Gasteiger partial charge in [0.2, 0.25) is 0 Å². The SMILES string of the molecule is Cc1ccc(C(=O)O)c(CN2CCC(Cc3ccc(F)cc3)CC2)c1NC(=O)Nc1ccccc1. The summed E-state index contributed by atoms with van der Waals surface area (Å²) in [6.07, 6.45) is 2.86. The second kappa shape index (κ2) is 11.1. The average Bonchev–Trinajstić information content (AvgIpc) is 2.84. The van der Waals surface area contributed by atoms with E-state index in [4.69, 9.17) is 0 Å². The van der Waals surface area contributed by atoms with Crippen molar-refractivity contribution in [3.05, 3.63) is 94.8 Å². The lowest BCUT2D eigenvalue weighted by molar-refractivity contribution is 0.0693. The summed E-state index contributed by atoms with van der Waals surface area (Å²) in [5, 5.41) is 15.5. The zero-order valence-corrected chi connectivity index (χ0v) is 19.8. The molecule has 0 aromatic heterocycles. The fourth-order valence-electron chi connectivity index (χ4n) is 4.63. The van der Waals surface area contributed by atoms with E-state index >= 15 is 0 Å². The number of para-hydroxylation sites is 1. The highest BCUT2D eigenvalue weighted by Gasteiger charge is 2.24. The van der Waals surface area contributed by atoms with Crippen molar-refractivity contribution in [1.82, 2.24) is 4.90 Å². The number of nitrogens with zero attached hydrogens (tertiary/aromatic N) is 1. The number of likely N-dealkylation sites (tertiary alicyclic amines) is 1. The van der Waals surface area contributed by atoms with Crippen LogP contribution >= 0.6 is 0 Å². The van der Waals surface area contributed by atoms with Crippen molar-refractivity contribution >= 4 is 23.4 Å². The molecule has 0 aliphatic carbocycles. The molecular formula is C28H30FN3O3. The Kier molecular flexibility index (Phi) is 7.77. The molecule has 3 aromatic rings. The van der Waals surface area contributed by atoms with Crippen molar-refractivity contribution in [2.75, 3.05) is 23.7 Å². The topological polar surface area (TPSA) is 81.7 Å². The number of piperidine rings is 1. The number of urea groups is 1. The van der Waals surface area contributed by atoms with Crippen molar-refractivity contribution in [3.63, 3.8) is 0 Å². The maximum Gasteiger partial charge on any atom is 0.336 e. The molecule has 1 aliphatic rings. The average molecular weight is 476 g/mol. The van der Waals surface area contributed by atoms with Gasteiger partial charge in [-0.2, -0.15) is 0 Å². The number of aromatic carboxylic acids is 1. The zero-order valence-electron chi connectivity index (χ0n) is 19.8. The molecular weight excluding hydrogens is 445 g/mol. The van der Waals surface area contributed by atoms with E-state index in [0.717, 1.165) is 43.5 Å². The van der Waals surface area contributed by atoms with Crippen LogP contribution in [0.3, 0.4) is 0 Å². The summed E-state index contributed by atoms with van der Waals surface area (Å²) < 4.78 is 13.2. The monoisotopic (exact) mass is 475 g/mol. The van der Waals surface area contributed by atoms with Gasteiger partial charge in [-0.05, 0) is 86.7 Å². The molecule has 1 saturated heterocycles. The third kappa shape index (κ3) is 6.45. The molecule has 35 heavy (non-hydrogen) atoms. The number of rotatable bonds is 7. The number of anilines is 2. The summed E-state index contributed by atoms with van der Waals surface area (Å²) in [7, 11) is 0. The molecule has 3 aromatic carbocycles. The number of halogens is 1. The number of carbonyl (C=O) groups excluding carboxylic acids is 1. The van der Waals surface area contributed by atoms with Crippen LogP contribution < -0.4 is 10.6 Å². The molecule has 0 radical (unpaired) electrons. The van der Waals surface area contributed by atoms with E-state index in [-0.39, 0.29) is 11.4 Å². The number of hydrogen-bond acceptors (Lipinski definition) is 3. The van der Waals surface area contributed by atoms with Crippen molar-refractivity contribution in [2.45, 2.75) is 32.7 Å². The Balaban J connectivity index is 1.45. The minimum absolute atomic E-state index is 0.194. The molecule has 0 bridgehead atoms. The molecule has 4 rings (SSSR count). The molecule has 1 aliphatic heterocycles. The van der Waals surface area contributed by atoms with Crippen molar-refractivity contribution < 1.29 is 19.1 Å². The van der Waals surface area contributed by atoms with Crippen LogP contribution in [0.1, 0.15) is 39.9 Å². The van der Waals surface area contributed by atoms with Crippen LogP contribution in [-0.4, -0.2) is 35.1 Å². The summed E-state index contributed by atoms with van der Waals surface area (Å²) in [5.74, 6) is -0.738. The molecule has 0 spiro atoms. The third-order valence-corrected chi connectivity index (χ3v) is 6.55. The quantitative estimate of drug-likeness (QED) is 0.396. The van der Waals surface area contributed by atoms with Gasteiger partial charge in [0.25, 0.3) is 0 Å². The highest BCUT2D eigenvalue weighted by molar-refractivity contribution is 6.02. The maximum absolute atomic E-state index is 13.2. The Morgan fingerprint density at radius 3 is 2.31 bits per heavy atom. The van der Waals surface area contributed by atoms with Gasteiger partial charge in [0, 0.05) is 17.8 Å². The summed E-state index contributed by atoms with van der Waals surface area (Å²) in [4.78, 5) is 26.9. The highest BCUT2D eigenvalue weighted by Crippen LogP contribution is 2.29. The van der Waals surface area contributed by atoms with Gasteiger partial charge < -0.3 is 15.7 Å². The summed E-state index contributed by atoms with van der Waals surface area (Å²) in [6.45, 7) is 3.96. The van der Waals surface area contributed by atoms with Gasteiger partial charge in [-0.15, -0.1) is 0 Å². The summed E-state index contributed by atoms with van der Waals surface area (Å²) in [5.41, 5.74) is 3.93. The second-order valence-electron chi connectivity index (χ2n) is 9.08. The summed E-state index contributed by atoms with van der Waals surface area (Å²) >= 11 is 0. The van der Waals surface area contributed by atoms with Crippen LogP contribution in [0, 0.1) is 18.7 Å². The number of carboxylic acids is 1. The largest absolute Gasteiger partial charge is 0.478 e. The third-order valence-electron chi connectivity index (χ3n) is 6.55. The normalized spacial score (nSPS) is 14.5. The highest BCUT2D eigenvalue weighted by atomic mass is 19.1. The van der Waals surface area contributed by atoms with Crippen molar-refractivity contribution in [2.24, 2.45) is 5.92 Å². The van der Waals surface area contributed by atoms with Gasteiger partial charge in [-0.25, -0.2) is 14.0 Å². The first-order chi connectivity index (χ1) is 16.9. The van der Waals surface area contributed by atoms with Crippen LogP contribution in [0.15, 0.2) is 66.7 Å². The Labute approximate surface area is 204 Å². The number of benzene rings is 3. The Hall–Kier alpha value is -3.71. The number of hydrogen-bond donors (Lipinski definition) is 3. The second-order valence-corrected chi connectivity index (χ2v) is 9.08. The van der Waals surface area contributed by atoms with Crippen LogP contribution in [0.2, 0.25) is 0 Å². The van der Waals surface area contributed by atoms with Crippen LogP contribution in [0.4, 0.5) is 20.6 Å². The van der Waals surface area contributed by atoms with Crippen LogP contribution in [-0.2, 0) is 13.0 Å². The first-order valence-electron chi connectivity index (χ1n) is 11.8. The van der Waals surface area contributed by atoms with Gasteiger partial charge in [0.15, 0.2) is 0 Å². The predicted molar refractivity (Wildman–Crippen MR) is 135 cm³/mol. The molecule has 0 atom stereocenters. The lowest BCUT2D eigenvalue weighted by Gasteiger charge is -2.33. The van der Waals surface area contributed by atoms with E-state index in [0.29, 0.717) is 29.4 Å². The van der Waals surface area contributed by atoms with Crippen LogP contribution in [0.5, 0.6) is 0 Å². The number of aryl methyl sites for hydroxylation is 1. The number of nitrogens with one attached hydrogen (secondary N) is 2. The summed E-state index contributed by atoms with van der Waals surface area (Å²) in [6, 6.07) is 18.7. The molecule has 6 nitrogen and oxygen atoms in total. The van der Waals surface area contributed by atoms with Gasteiger partial charge in [-0.1, -0.05) is 36.4 Å². The smallest absolute Gasteiger partial charge is 0.336 e. The molecule has 3 N–H and O–H groups in total. The van der Waals surface area contributed by atoms with E-state index in [9.17, 15) is 19.1 Å². The van der Waals surface area contributed by atoms with Gasteiger partial charge in [-0.3, -0.25) is 4.90 Å². The standard InChI is InChI=1S/C28H30FN3O3/c1-19-7-12-24(27(33)34)25(26(19)31-28(35)30-23-5-3-2-4-6-23)18-32-15-13-21(14-16-32)17-20-8-10-22(29)11-9-20/h2-12,21H,13-18H2,1H3,(H,33,34)(H2,30,31,35). The Morgan fingerprint density at radius 1 is 0.971 bits per heavy atom. The van der Waals surface area contributed by atoms with E-state index in [1.165, 1.54) is 12.1 Å². The number of carbonyl (C=O) groups is 2. The first kappa shape index (κ1) is 24.4. The molecule has 1 fully saturated rings.